The quantitative estimate of drug-likeness (QED) is 0.0584. The summed E-state index contributed by atoms with van der Waals surface area (Å²) in [6, 6.07) is 6.24. The van der Waals surface area contributed by atoms with Crippen molar-refractivity contribution in [2.75, 3.05) is 33.0 Å². The Hall–Kier alpha value is -2.78. The van der Waals surface area contributed by atoms with E-state index in [2.05, 4.69) is 24.6 Å². The van der Waals surface area contributed by atoms with Gasteiger partial charge in [-0.15, -0.1) is 0 Å². The number of nitriles is 1. The molecule has 0 aliphatic heterocycles. The number of hydrogen-bond acceptors (Lipinski definition) is 9. The Morgan fingerprint density at radius 2 is 1.45 bits per heavy atom. The first kappa shape index (κ1) is 35.2. The maximum atomic E-state index is 12.7. The van der Waals surface area contributed by atoms with Crippen LogP contribution in [0.25, 0.3) is 0 Å². The fourth-order valence-corrected chi connectivity index (χ4v) is 4.06. The third-order valence-electron chi connectivity index (χ3n) is 5.79. The number of nitrogens with zero attached hydrogens (tertiary/aromatic N) is 1. The Bertz CT molecular complexity index is 962. The molecule has 0 radical (unpaired) electrons. The first-order chi connectivity index (χ1) is 19.4. The Morgan fingerprint density at radius 1 is 0.875 bits per heavy atom. The summed E-state index contributed by atoms with van der Waals surface area (Å²) in [6.07, 6.45) is 8.07. The van der Waals surface area contributed by atoms with Crippen LogP contribution in [0.4, 0.5) is 0 Å². The van der Waals surface area contributed by atoms with Crippen LogP contribution in [0.15, 0.2) is 29.3 Å². The molecule has 1 N–H and O–H groups in total. The molecule has 0 aliphatic carbocycles. The van der Waals surface area contributed by atoms with Crippen LogP contribution in [0.5, 0.6) is 5.75 Å². The van der Waals surface area contributed by atoms with Crippen LogP contribution in [0.3, 0.4) is 0 Å². The van der Waals surface area contributed by atoms with Gasteiger partial charge in [0.2, 0.25) is 0 Å². The molecule has 0 fully saturated rings. The zero-order valence-corrected chi connectivity index (χ0v) is 25.1. The second-order valence-corrected chi connectivity index (χ2v) is 10.1. The summed E-state index contributed by atoms with van der Waals surface area (Å²) in [4.78, 5) is 35.1. The molecule has 1 aromatic rings. The lowest BCUT2D eigenvalue weighted by atomic mass is 10.1. The fraction of sp³-hybridized carbons (Fsp3) is 0.621. The zero-order chi connectivity index (χ0) is 29.6. The molecule has 1 atom stereocenters. The van der Waals surface area contributed by atoms with E-state index in [1.807, 2.05) is 0 Å². The molecule has 0 heterocycles. The van der Waals surface area contributed by atoms with E-state index in [0.717, 1.165) is 56.9 Å². The van der Waals surface area contributed by atoms with Gasteiger partial charge in [-0.2, -0.15) is 9.47 Å². The number of benzene rings is 1. The summed E-state index contributed by atoms with van der Waals surface area (Å²) in [6.45, 7) is 8.91. The molecule has 40 heavy (non-hydrogen) atoms. The number of hydrogen-bond donors (Lipinski definition) is 1. The highest BCUT2D eigenvalue weighted by Gasteiger charge is 2.17. The predicted molar refractivity (Wildman–Crippen MR) is 153 cm³/mol. The van der Waals surface area contributed by atoms with Gasteiger partial charge in [0.1, 0.15) is 12.4 Å². The van der Waals surface area contributed by atoms with Crippen LogP contribution >= 0.6 is 0 Å². The third kappa shape index (κ3) is 15.1. The van der Waals surface area contributed by atoms with E-state index in [0.29, 0.717) is 18.6 Å². The first-order valence-corrected chi connectivity index (χ1v) is 15.1. The number of carbonyl (C=O) groups excluding carboxylic acids is 2. The molecule has 0 spiro atoms. The van der Waals surface area contributed by atoms with E-state index < -0.39 is 23.2 Å². The lowest BCUT2D eigenvalue weighted by Crippen LogP contribution is -2.23. The molecular weight excluding hydrogens is 536 g/mol. The molecule has 11 heteroatoms. The number of carbonyl (C=O) groups is 2. The molecule has 0 amide bonds. The van der Waals surface area contributed by atoms with E-state index in [-0.39, 0.29) is 43.2 Å². The molecule has 0 aromatic heterocycles. The van der Waals surface area contributed by atoms with Gasteiger partial charge in [-0.05, 0) is 51.3 Å². The van der Waals surface area contributed by atoms with E-state index >= 15 is 0 Å². The Morgan fingerprint density at radius 3 is 1.95 bits per heavy atom. The van der Waals surface area contributed by atoms with Gasteiger partial charge in [0.15, 0.2) is 0 Å². The van der Waals surface area contributed by atoms with Gasteiger partial charge in [0, 0.05) is 6.54 Å². The smallest absolute Gasteiger partial charge is 0.338 e. The van der Waals surface area contributed by atoms with Gasteiger partial charge in [-0.3, -0.25) is 0 Å². The number of rotatable bonds is 22. The average molecular weight is 581 g/mol. The van der Waals surface area contributed by atoms with Crippen molar-refractivity contribution in [2.45, 2.75) is 85.5 Å². The molecule has 1 rings (SSSR count). The highest BCUT2D eigenvalue weighted by atomic mass is 32.2. The molecule has 1 unspecified atom stereocenters. The zero-order valence-electron chi connectivity index (χ0n) is 24.3. The topological polar surface area (TPSA) is 133 Å². The van der Waals surface area contributed by atoms with Crippen LogP contribution in [0.1, 0.15) is 106 Å². The number of esters is 2. The molecule has 224 valence electrons. The minimum Gasteiger partial charge on any atom is -0.462 e. The number of nitrogens with one attached hydrogen (secondary N) is 1. The van der Waals surface area contributed by atoms with Gasteiger partial charge in [-0.25, -0.2) is 24.1 Å². The average Bonchev–Trinajstić information content (AvgIpc) is 2.94. The summed E-state index contributed by atoms with van der Waals surface area (Å²) in [5.74, 6) is -1.15. The second kappa shape index (κ2) is 22.0. The van der Waals surface area contributed by atoms with E-state index in [1.54, 1.807) is 13.8 Å². The number of unbranched alkanes of at least 4 members (excludes halogenated alkanes) is 6. The van der Waals surface area contributed by atoms with Crippen molar-refractivity contribution in [3.63, 3.8) is 0 Å². The van der Waals surface area contributed by atoms with Crippen LogP contribution in [0, 0.1) is 11.3 Å². The Labute approximate surface area is 241 Å². The van der Waals surface area contributed by atoms with Crippen molar-refractivity contribution >= 4 is 23.2 Å². The van der Waals surface area contributed by atoms with Gasteiger partial charge in [0.25, 0.3) is 11.3 Å². The summed E-state index contributed by atoms with van der Waals surface area (Å²) in [7, 11) is 0. The van der Waals surface area contributed by atoms with Gasteiger partial charge >= 0.3 is 11.9 Å². The Kier molecular flexibility index (Phi) is 19.4. The molecule has 0 aliphatic rings. The second-order valence-electron chi connectivity index (χ2n) is 9.14. The summed E-state index contributed by atoms with van der Waals surface area (Å²) in [5.41, 5.74) is 1.38. The maximum Gasteiger partial charge on any atom is 0.338 e. The van der Waals surface area contributed by atoms with Crippen molar-refractivity contribution in [3.05, 3.63) is 40.5 Å². The lowest BCUT2D eigenvalue weighted by molar-refractivity contribution is -0.283. The molecule has 0 saturated heterocycles. The van der Waals surface area contributed by atoms with E-state index in [1.165, 1.54) is 18.2 Å². The van der Waals surface area contributed by atoms with E-state index in [4.69, 9.17) is 23.4 Å². The predicted octanol–water partition coefficient (Wildman–Crippen LogP) is 5.91. The van der Waals surface area contributed by atoms with Crippen molar-refractivity contribution < 1.29 is 37.2 Å². The molecule has 0 saturated carbocycles. The fourth-order valence-electron chi connectivity index (χ4n) is 3.46. The van der Waals surface area contributed by atoms with Crippen molar-refractivity contribution in [1.82, 2.24) is 4.72 Å². The monoisotopic (exact) mass is 580 g/mol. The first-order valence-electron chi connectivity index (χ1n) is 14.0. The Balaban J connectivity index is 2.86. The SMILES string of the molecule is CCCCCCOC(=O)c1cc(OS(=O)NCCC(C)=C(C#N)COOCC)cc(C(=O)OCCCCCC)c1. The van der Waals surface area contributed by atoms with Crippen LogP contribution < -0.4 is 8.91 Å². The standard InChI is InChI=1S/C29H44N2O8S/c1-5-8-10-12-16-35-28(32)24-18-25(29(33)36-17-13-11-9-6-2)20-27(19-24)39-40(34)31-15-14-23(4)26(21-30)22-38-37-7-3/h18-20,31H,5-17,22H2,1-4H3. The van der Waals surface area contributed by atoms with E-state index in [9.17, 15) is 19.1 Å². The van der Waals surface area contributed by atoms with Crippen LogP contribution in [0.2, 0.25) is 0 Å². The normalized spacial score (nSPS) is 12.3. The minimum atomic E-state index is -1.99. The summed E-state index contributed by atoms with van der Waals surface area (Å²) in [5, 5.41) is 9.30. The molecule has 10 nitrogen and oxygen atoms in total. The summed E-state index contributed by atoms with van der Waals surface area (Å²) >= 11 is -1.99. The summed E-state index contributed by atoms with van der Waals surface area (Å²) < 4.78 is 31.5. The minimum absolute atomic E-state index is 0.0226. The maximum absolute atomic E-state index is 12.7. The lowest BCUT2D eigenvalue weighted by Gasteiger charge is -2.11. The third-order valence-corrected chi connectivity index (χ3v) is 6.57. The largest absolute Gasteiger partial charge is 0.462 e. The molecule has 0 bridgehead atoms. The molecular formula is C29H44N2O8S. The van der Waals surface area contributed by atoms with Crippen LogP contribution in [-0.2, 0) is 30.5 Å². The van der Waals surface area contributed by atoms with Gasteiger partial charge in [-0.1, -0.05) is 57.9 Å². The van der Waals surface area contributed by atoms with Gasteiger partial charge < -0.3 is 13.7 Å². The molecule has 1 aromatic carbocycles. The highest BCUT2D eigenvalue weighted by molar-refractivity contribution is 7.78. The number of ether oxygens (including phenoxy) is 2. The highest BCUT2D eigenvalue weighted by Crippen LogP contribution is 2.20. The van der Waals surface area contributed by atoms with Crippen LogP contribution in [-0.4, -0.2) is 49.1 Å². The van der Waals surface area contributed by atoms with Crippen molar-refractivity contribution in [2.24, 2.45) is 0 Å². The van der Waals surface area contributed by atoms with Crippen molar-refractivity contribution in [1.29, 1.82) is 5.26 Å². The van der Waals surface area contributed by atoms with Crippen molar-refractivity contribution in [3.8, 4) is 11.8 Å². The van der Waals surface area contributed by atoms with Gasteiger partial charge in [0.05, 0.1) is 42.6 Å².